The lowest BCUT2D eigenvalue weighted by Crippen LogP contribution is -2.78. The molecule has 0 amide bonds. The number of rotatable bonds is 4. The third-order valence-corrected chi connectivity index (χ3v) is 0.925. The second-order valence-corrected chi connectivity index (χ2v) is 1.76. The Morgan fingerprint density at radius 1 is 1.89 bits per heavy atom. The molecule has 2 heteroatoms. The van der Waals surface area contributed by atoms with Gasteiger partial charge in [0.1, 0.15) is 6.10 Å². The zero-order valence-corrected chi connectivity index (χ0v) is 5.76. The highest BCUT2D eigenvalue weighted by Crippen LogP contribution is 1.83. The maximum Gasteiger partial charge on any atom is 0.115 e. The van der Waals surface area contributed by atoms with Gasteiger partial charge in [-0.25, -0.2) is 0 Å². The number of hydrogen-bond acceptors (Lipinski definition) is 1. The molecule has 0 spiro atoms. The summed E-state index contributed by atoms with van der Waals surface area (Å²) in [6.07, 6.45) is 4.99. The molecular formula is C7H13NO. The Kier molecular flexibility index (Phi) is 5.29. The molecule has 52 valence electrons. The van der Waals surface area contributed by atoms with E-state index in [0.717, 1.165) is 6.54 Å². The topological polar surface area (TPSA) is 25.8 Å². The molecule has 2 N–H and O–H groups in total. The molecule has 0 saturated heterocycles. The molecule has 0 aliphatic carbocycles. The predicted molar refractivity (Wildman–Crippen MR) is 36.4 cm³/mol. The molecule has 0 aromatic carbocycles. The van der Waals surface area contributed by atoms with E-state index in [0.29, 0.717) is 6.61 Å². The minimum absolute atomic E-state index is 0.0649. The molecule has 0 fully saturated rings. The summed E-state index contributed by atoms with van der Waals surface area (Å²) in [6, 6.07) is 0. The zero-order valence-electron chi connectivity index (χ0n) is 5.76. The second-order valence-electron chi connectivity index (χ2n) is 1.76. The van der Waals surface area contributed by atoms with Crippen molar-refractivity contribution in [3.63, 3.8) is 0 Å². The molecule has 0 aliphatic rings. The quantitative estimate of drug-likeness (QED) is 0.304. The lowest BCUT2D eigenvalue weighted by atomic mass is 10.4. The monoisotopic (exact) mass is 127 g/mol. The van der Waals surface area contributed by atoms with E-state index in [4.69, 9.17) is 11.2 Å². The average Bonchev–Trinajstić information content (AvgIpc) is 1.89. The van der Waals surface area contributed by atoms with Gasteiger partial charge in [0, 0.05) is 0 Å². The summed E-state index contributed by atoms with van der Waals surface area (Å²) < 4.78 is 5.12. The van der Waals surface area contributed by atoms with Crippen LogP contribution in [0.4, 0.5) is 0 Å². The summed E-state index contributed by atoms with van der Waals surface area (Å²) in [5, 5.41) is 1.81. The van der Waals surface area contributed by atoms with Crippen LogP contribution in [-0.4, -0.2) is 19.3 Å². The average molecular weight is 127 g/mol. The molecule has 9 heavy (non-hydrogen) atoms. The molecule has 0 aromatic heterocycles. The summed E-state index contributed by atoms with van der Waals surface area (Å²) in [4.78, 5) is 0. The summed E-state index contributed by atoms with van der Waals surface area (Å²) in [6.45, 7) is 3.39. The third kappa shape index (κ3) is 5.35. The minimum Gasteiger partial charge on any atom is -0.477 e. The molecule has 1 unspecified atom stereocenters. The minimum atomic E-state index is -0.0649. The van der Waals surface area contributed by atoms with Crippen LogP contribution in [0.2, 0.25) is 0 Å². The Balaban J connectivity index is 2.99. The molecule has 0 heterocycles. The van der Waals surface area contributed by atoms with Crippen LogP contribution in [0.1, 0.15) is 6.92 Å². The maximum absolute atomic E-state index is 5.12. The first-order valence-corrected chi connectivity index (χ1v) is 3.00. The van der Waals surface area contributed by atoms with Crippen molar-refractivity contribution >= 4 is 0 Å². The third-order valence-electron chi connectivity index (χ3n) is 0.925. The van der Waals surface area contributed by atoms with Gasteiger partial charge in [-0.1, -0.05) is 5.92 Å². The first-order chi connectivity index (χ1) is 4.31. The first kappa shape index (κ1) is 8.48. The van der Waals surface area contributed by atoms with E-state index < -0.39 is 0 Å². The highest BCUT2D eigenvalue weighted by molar-refractivity contribution is 4.91. The van der Waals surface area contributed by atoms with Crippen molar-refractivity contribution in [2.75, 3.05) is 13.2 Å². The number of nitrogens with two attached hydrogens (primary N) is 1. The number of ether oxygens (including phenoxy) is 1. The normalized spacial score (nSPS) is 12.6. The highest BCUT2D eigenvalue weighted by atomic mass is 16.5. The lowest BCUT2D eigenvalue weighted by Gasteiger charge is -2.04. The molecule has 1 atom stereocenters. The van der Waals surface area contributed by atoms with Gasteiger partial charge >= 0.3 is 0 Å². The molecular weight excluding hydrogens is 114 g/mol. The Labute approximate surface area is 56.6 Å². The first-order valence-electron chi connectivity index (χ1n) is 3.00. The SMILES string of the molecule is C#CC(C)OCC[NH2+][CH2-]. The molecule has 0 saturated carbocycles. The highest BCUT2D eigenvalue weighted by Gasteiger charge is 1.92. The summed E-state index contributed by atoms with van der Waals surface area (Å²) in [5.74, 6) is 2.47. The zero-order chi connectivity index (χ0) is 7.11. The smallest absolute Gasteiger partial charge is 0.115 e. The van der Waals surface area contributed by atoms with Gasteiger partial charge in [-0.2, -0.15) is 7.05 Å². The van der Waals surface area contributed by atoms with Crippen molar-refractivity contribution in [2.45, 2.75) is 13.0 Å². The van der Waals surface area contributed by atoms with Crippen molar-refractivity contribution in [1.29, 1.82) is 0 Å². The molecule has 0 radical (unpaired) electrons. The Hall–Kier alpha value is -0.520. The van der Waals surface area contributed by atoms with Crippen LogP contribution in [0.15, 0.2) is 0 Å². The van der Waals surface area contributed by atoms with E-state index in [1.807, 2.05) is 12.2 Å². The Morgan fingerprint density at radius 2 is 2.56 bits per heavy atom. The van der Waals surface area contributed by atoms with Crippen molar-refractivity contribution in [3.05, 3.63) is 7.05 Å². The molecule has 0 rings (SSSR count). The van der Waals surface area contributed by atoms with E-state index in [9.17, 15) is 0 Å². The summed E-state index contributed by atoms with van der Waals surface area (Å²) in [7, 11) is 3.55. The molecule has 2 nitrogen and oxygen atoms in total. The van der Waals surface area contributed by atoms with Crippen molar-refractivity contribution in [1.82, 2.24) is 0 Å². The van der Waals surface area contributed by atoms with Gasteiger partial charge in [0.15, 0.2) is 0 Å². The van der Waals surface area contributed by atoms with Gasteiger partial charge in [0.05, 0.1) is 13.2 Å². The van der Waals surface area contributed by atoms with E-state index in [1.165, 1.54) is 0 Å². The Morgan fingerprint density at radius 3 is 3.00 bits per heavy atom. The maximum atomic E-state index is 5.12. The van der Waals surface area contributed by atoms with E-state index in [1.54, 1.807) is 0 Å². The van der Waals surface area contributed by atoms with Crippen LogP contribution in [0, 0.1) is 19.4 Å². The van der Waals surface area contributed by atoms with Gasteiger partial charge < -0.3 is 10.1 Å². The fourth-order valence-corrected chi connectivity index (χ4v) is 0.376. The van der Waals surface area contributed by atoms with Crippen LogP contribution >= 0.6 is 0 Å². The van der Waals surface area contributed by atoms with E-state index in [-0.39, 0.29) is 6.10 Å². The standard InChI is InChI=1S/C7H13NO/c1-4-7(2)9-6-5-8-3/h1,7H,3,5-6,8H2,2H3. The van der Waals surface area contributed by atoms with Crippen molar-refractivity contribution in [3.8, 4) is 12.3 Å². The molecule has 0 aromatic rings. The van der Waals surface area contributed by atoms with Crippen molar-refractivity contribution < 1.29 is 10.1 Å². The van der Waals surface area contributed by atoms with Crippen molar-refractivity contribution in [2.24, 2.45) is 0 Å². The number of hydrogen-bond donors (Lipinski definition) is 1. The van der Waals surface area contributed by atoms with Gasteiger partial charge in [-0.3, -0.25) is 0 Å². The Bertz CT molecular complexity index is 95.6. The number of quaternary nitrogens is 1. The predicted octanol–water partition coefficient (Wildman–Crippen LogP) is -0.620. The van der Waals surface area contributed by atoms with Gasteiger partial charge in [-0.05, 0) is 6.92 Å². The molecule has 0 bridgehead atoms. The molecule has 0 aliphatic heterocycles. The van der Waals surface area contributed by atoms with Crippen LogP contribution in [0.5, 0.6) is 0 Å². The van der Waals surface area contributed by atoms with E-state index in [2.05, 4.69) is 13.0 Å². The van der Waals surface area contributed by atoms with Gasteiger partial charge in [-0.15, -0.1) is 6.42 Å². The van der Waals surface area contributed by atoms with Crippen LogP contribution in [0.25, 0.3) is 0 Å². The fourth-order valence-electron chi connectivity index (χ4n) is 0.376. The number of terminal acetylenes is 1. The van der Waals surface area contributed by atoms with E-state index >= 15 is 0 Å². The largest absolute Gasteiger partial charge is 0.477 e. The fraction of sp³-hybridized carbons (Fsp3) is 0.571. The summed E-state index contributed by atoms with van der Waals surface area (Å²) >= 11 is 0. The second kappa shape index (κ2) is 5.61. The van der Waals surface area contributed by atoms with Gasteiger partial charge in [0.25, 0.3) is 0 Å². The summed E-state index contributed by atoms with van der Waals surface area (Å²) in [5.41, 5.74) is 0. The van der Waals surface area contributed by atoms with Crippen LogP contribution < -0.4 is 5.32 Å². The van der Waals surface area contributed by atoms with Crippen LogP contribution in [-0.2, 0) is 4.74 Å². The van der Waals surface area contributed by atoms with Gasteiger partial charge in [0.2, 0.25) is 0 Å². The van der Waals surface area contributed by atoms with Crippen LogP contribution in [0.3, 0.4) is 0 Å². The lowest BCUT2D eigenvalue weighted by molar-refractivity contribution is -0.597.